The third-order valence-corrected chi connectivity index (χ3v) is 1.46. The second-order valence-electron chi connectivity index (χ2n) is 2.20. The number of nitrogens with one attached hydrogen (secondary N) is 1. The molecule has 4 heteroatoms. The first kappa shape index (κ1) is 10.1. The van der Waals surface area contributed by atoms with Crippen LogP contribution in [0.1, 0.15) is 6.42 Å². The van der Waals surface area contributed by atoms with E-state index in [1.165, 1.54) is 0 Å². The maximum Gasteiger partial charge on any atom is 0.102 e. The number of rotatable bonds is 3. The van der Waals surface area contributed by atoms with E-state index in [4.69, 9.17) is 4.74 Å². The molecule has 1 unspecified atom stereocenters. The summed E-state index contributed by atoms with van der Waals surface area (Å²) in [6.45, 7) is 1.76. The smallest absolute Gasteiger partial charge is 0.102 e. The van der Waals surface area contributed by atoms with Crippen molar-refractivity contribution < 1.29 is 9.13 Å². The molecule has 1 aliphatic rings. The molecule has 0 saturated carbocycles. The molecular formula is C6H13ClFNO. The summed E-state index contributed by atoms with van der Waals surface area (Å²) in [4.78, 5) is 0. The minimum atomic E-state index is -0.281. The van der Waals surface area contributed by atoms with E-state index in [0.717, 1.165) is 19.6 Å². The molecule has 0 bridgehead atoms. The zero-order chi connectivity index (χ0) is 6.53. The molecule has 2 nitrogen and oxygen atoms in total. The Balaban J connectivity index is 0.000000810. The molecule has 1 N–H and O–H groups in total. The third-order valence-electron chi connectivity index (χ3n) is 1.46. The Hall–Kier alpha value is 0.140. The highest BCUT2D eigenvalue weighted by Crippen LogP contribution is 2.01. The molecule has 0 amide bonds. The molecule has 0 aromatic carbocycles. The Bertz CT molecular complexity index is 78.1. The van der Waals surface area contributed by atoms with Gasteiger partial charge in [0.15, 0.2) is 0 Å². The first-order valence-corrected chi connectivity index (χ1v) is 3.30. The number of halogens is 2. The largest absolute Gasteiger partial charge is 0.380 e. The van der Waals surface area contributed by atoms with Crippen molar-refractivity contribution in [3.63, 3.8) is 0 Å². The Kier molecular flexibility index (Phi) is 5.97. The molecule has 0 spiro atoms. The monoisotopic (exact) mass is 169 g/mol. The summed E-state index contributed by atoms with van der Waals surface area (Å²) in [6.07, 6.45) is 1.03. The highest BCUT2D eigenvalue weighted by Gasteiger charge is 2.13. The molecule has 1 atom stereocenters. The summed E-state index contributed by atoms with van der Waals surface area (Å²) in [5, 5.41) is 3.03. The van der Waals surface area contributed by atoms with Crippen molar-refractivity contribution in [1.82, 2.24) is 5.32 Å². The van der Waals surface area contributed by atoms with E-state index in [-0.39, 0.29) is 19.1 Å². The molecule has 1 fully saturated rings. The van der Waals surface area contributed by atoms with Crippen molar-refractivity contribution in [2.45, 2.75) is 12.5 Å². The predicted octanol–water partition coefficient (Wildman–Crippen LogP) is 0.756. The molecule has 0 aromatic rings. The van der Waals surface area contributed by atoms with Gasteiger partial charge in [-0.25, -0.2) is 4.39 Å². The molecule has 1 aliphatic heterocycles. The SMILES string of the molecule is Cl.FCCNC1CCOC1. The molecule has 62 valence electrons. The Labute approximate surface area is 66.5 Å². The van der Waals surface area contributed by atoms with E-state index < -0.39 is 0 Å². The molecule has 10 heavy (non-hydrogen) atoms. The van der Waals surface area contributed by atoms with Gasteiger partial charge in [0.1, 0.15) is 6.67 Å². The van der Waals surface area contributed by atoms with Crippen LogP contribution in [-0.4, -0.2) is 32.5 Å². The average Bonchev–Trinajstić information content (AvgIpc) is 2.34. The van der Waals surface area contributed by atoms with E-state index >= 15 is 0 Å². The highest BCUT2D eigenvalue weighted by atomic mass is 35.5. The second-order valence-corrected chi connectivity index (χ2v) is 2.20. The molecule has 0 aliphatic carbocycles. The lowest BCUT2D eigenvalue weighted by atomic mass is 10.3. The Morgan fingerprint density at radius 1 is 1.60 bits per heavy atom. The minimum absolute atomic E-state index is 0. The normalized spacial score (nSPS) is 24.3. The second kappa shape index (κ2) is 5.89. The van der Waals surface area contributed by atoms with E-state index in [1.807, 2.05) is 0 Å². The fourth-order valence-electron chi connectivity index (χ4n) is 0.954. The van der Waals surface area contributed by atoms with Crippen LogP contribution in [0.15, 0.2) is 0 Å². The fourth-order valence-corrected chi connectivity index (χ4v) is 0.954. The number of hydrogen-bond donors (Lipinski definition) is 1. The lowest BCUT2D eigenvalue weighted by Crippen LogP contribution is -2.30. The van der Waals surface area contributed by atoms with Gasteiger partial charge in [0.2, 0.25) is 0 Å². The maximum atomic E-state index is 11.5. The van der Waals surface area contributed by atoms with Gasteiger partial charge in [-0.2, -0.15) is 0 Å². The van der Waals surface area contributed by atoms with Gasteiger partial charge in [-0.3, -0.25) is 0 Å². The molecule has 1 rings (SSSR count). The van der Waals surface area contributed by atoms with Gasteiger partial charge in [-0.15, -0.1) is 12.4 Å². The number of hydrogen-bond acceptors (Lipinski definition) is 2. The number of alkyl halides is 1. The lowest BCUT2D eigenvalue weighted by molar-refractivity contribution is 0.189. The molecule has 1 heterocycles. The predicted molar refractivity (Wildman–Crippen MR) is 40.4 cm³/mol. The zero-order valence-electron chi connectivity index (χ0n) is 5.81. The van der Waals surface area contributed by atoms with Gasteiger partial charge >= 0.3 is 0 Å². The average molecular weight is 170 g/mol. The molecule has 1 saturated heterocycles. The first-order valence-electron chi connectivity index (χ1n) is 3.30. The van der Waals surface area contributed by atoms with Crippen LogP contribution < -0.4 is 5.32 Å². The van der Waals surface area contributed by atoms with Crippen LogP contribution in [0.5, 0.6) is 0 Å². The van der Waals surface area contributed by atoms with Gasteiger partial charge in [0.05, 0.1) is 6.61 Å². The minimum Gasteiger partial charge on any atom is -0.380 e. The Morgan fingerprint density at radius 3 is 2.90 bits per heavy atom. The standard InChI is InChI=1S/C6H12FNO.ClH/c7-2-3-8-6-1-4-9-5-6;/h6,8H,1-5H2;1H. The zero-order valence-corrected chi connectivity index (χ0v) is 6.62. The van der Waals surface area contributed by atoms with Gasteiger partial charge in [-0.1, -0.05) is 0 Å². The summed E-state index contributed by atoms with van der Waals surface area (Å²) in [5.41, 5.74) is 0. The van der Waals surface area contributed by atoms with Crippen LogP contribution in [0.25, 0.3) is 0 Å². The van der Waals surface area contributed by atoms with Crippen molar-refractivity contribution in [3.8, 4) is 0 Å². The van der Waals surface area contributed by atoms with Crippen LogP contribution in [0, 0.1) is 0 Å². The van der Waals surface area contributed by atoms with Crippen LogP contribution in [0.2, 0.25) is 0 Å². The van der Waals surface area contributed by atoms with Gasteiger partial charge < -0.3 is 10.1 Å². The maximum absolute atomic E-state index is 11.5. The number of ether oxygens (including phenoxy) is 1. The van der Waals surface area contributed by atoms with Crippen molar-refractivity contribution in [2.75, 3.05) is 26.4 Å². The van der Waals surface area contributed by atoms with Crippen molar-refractivity contribution in [3.05, 3.63) is 0 Å². The summed E-state index contributed by atoms with van der Waals surface area (Å²) in [7, 11) is 0. The van der Waals surface area contributed by atoms with Crippen molar-refractivity contribution >= 4 is 12.4 Å². The lowest BCUT2D eigenvalue weighted by Gasteiger charge is -2.06. The summed E-state index contributed by atoms with van der Waals surface area (Å²) in [6, 6.07) is 0.403. The highest BCUT2D eigenvalue weighted by molar-refractivity contribution is 5.85. The van der Waals surface area contributed by atoms with Crippen LogP contribution >= 0.6 is 12.4 Å². The van der Waals surface area contributed by atoms with E-state index in [2.05, 4.69) is 5.32 Å². The van der Waals surface area contributed by atoms with Gasteiger partial charge in [-0.05, 0) is 6.42 Å². The van der Waals surface area contributed by atoms with Crippen LogP contribution in [0.3, 0.4) is 0 Å². The quantitative estimate of drug-likeness (QED) is 0.674. The third kappa shape index (κ3) is 3.34. The van der Waals surface area contributed by atoms with Crippen LogP contribution in [-0.2, 0) is 4.74 Å². The van der Waals surface area contributed by atoms with Gasteiger partial charge in [0.25, 0.3) is 0 Å². The van der Waals surface area contributed by atoms with Crippen molar-refractivity contribution in [2.24, 2.45) is 0 Å². The summed E-state index contributed by atoms with van der Waals surface area (Å²) < 4.78 is 16.6. The van der Waals surface area contributed by atoms with E-state index in [0.29, 0.717) is 12.6 Å². The first-order chi connectivity index (χ1) is 4.43. The Morgan fingerprint density at radius 2 is 2.40 bits per heavy atom. The fraction of sp³-hybridized carbons (Fsp3) is 1.00. The molecular weight excluding hydrogens is 157 g/mol. The van der Waals surface area contributed by atoms with Crippen LogP contribution in [0.4, 0.5) is 4.39 Å². The summed E-state index contributed by atoms with van der Waals surface area (Å²) in [5.74, 6) is 0. The van der Waals surface area contributed by atoms with Crippen molar-refractivity contribution in [1.29, 1.82) is 0 Å². The summed E-state index contributed by atoms with van der Waals surface area (Å²) >= 11 is 0. The van der Waals surface area contributed by atoms with E-state index in [9.17, 15) is 4.39 Å². The topological polar surface area (TPSA) is 21.3 Å². The van der Waals surface area contributed by atoms with E-state index in [1.54, 1.807) is 0 Å². The molecule has 0 radical (unpaired) electrons. The molecule has 0 aromatic heterocycles. The van der Waals surface area contributed by atoms with Gasteiger partial charge in [0, 0.05) is 19.2 Å².